The summed E-state index contributed by atoms with van der Waals surface area (Å²) in [7, 11) is 2.08. The van der Waals surface area contributed by atoms with E-state index in [-0.39, 0.29) is 0 Å². The Morgan fingerprint density at radius 3 is 2.88 bits per heavy atom. The summed E-state index contributed by atoms with van der Waals surface area (Å²) in [6.07, 6.45) is 1.05. The van der Waals surface area contributed by atoms with Gasteiger partial charge in [-0.05, 0) is 23.8 Å². The van der Waals surface area contributed by atoms with Crippen LogP contribution in [0.1, 0.15) is 11.3 Å². The number of phenolic OH excluding ortho intramolecular Hbond substituents is 1. The Balaban J connectivity index is 2.16. The molecule has 1 aromatic heterocycles. The number of hydrogen-bond donors (Lipinski definition) is 2. The summed E-state index contributed by atoms with van der Waals surface area (Å²) in [4.78, 5) is 0. The van der Waals surface area contributed by atoms with Crippen molar-refractivity contribution in [2.24, 2.45) is 7.05 Å². The minimum Gasteiger partial charge on any atom is -0.507 e. The second-order valence-corrected chi connectivity index (χ2v) is 4.50. The van der Waals surface area contributed by atoms with Crippen LogP contribution in [0.15, 0.2) is 30.3 Å². The normalized spacial score (nSPS) is 14.6. The summed E-state index contributed by atoms with van der Waals surface area (Å²) in [5, 5.41) is 13.3. The van der Waals surface area contributed by atoms with Crippen LogP contribution in [0.25, 0.3) is 11.3 Å². The van der Waals surface area contributed by atoms with E-state index in [1.807, 2.05) is 18.2 Å². The van der Waals surface area contributed by atoms with Crippen molar-refractivity contribution in [2.45, 2.75) is 13.0 Å². The molecule has 2 heterocycles. The maximum Gasteiger partial charge on any atom is 0.124 e. The molecule has 2 aromatic rings. The predicted octanol–water partition coefficient (Wildman–Crippen LogP) is 2.04. The molecule has 88 valence electrons. The van der Waals surface area contributed by atoms with Crippen LogP contribution in [0.3, 0.4) is 0 Å². The maximum atomic E-state index is 9.92. The van der Waals surface area contributed by atoms with Crippen LogP contribution in [0, 0.1) is 0 Å². The highest BCUT2D eigenvalue weighted by Crippen LogP contribution is 2.32. The lowest BCUT2D eigenvalue weighted by molar-refractivity contribution is 0.477. The van der Waals surface area contributed by atoms with E-state index in [1.54, 1.807) is 6.07 Å². The summed E-state index contributed by atoms with van der Waals surface area (Å²) in [5.74, 6) is 0.346. The number of rotatable bonds is 1. The number of hydrogen-bond acceptors (Lipinski definition) is 2. The first-order valence-corrected chi connectivity index (χ1v) is 5.94. The van der Waals surface area contributed by atoms with Gasteiger partial charge in [-0.25, -0.2) is 0 Å². The molecule has 0 radical (unpaired) electrons. The Hall–Kier alpha value is -1.74. The molecule has 0 atom stereocenters. The van der Waals surface area contributed by atoms with E-state index in [0.717, 1.165) is 30.8 Å². The van der Waals surface area contributed by atoms with Crippen molar-refractivity contribution in [3.05, 3.63) is 41.6 Å². The summed E-state index contributed by atoms with van der Waals surface area (Å²) in [6, 6.07) is 9.68. The smallest absolute Gasteiger partial charge is 0.124 e. The number of aromatic nitrogens is 1. The van der Waals surface area contributed by atoms with E-state index >= 15 is 0 Å². The van der Waals surface area contributed by atoms with Crippen molar-refractivity contribution < 1.29 is 5.11 Å². The van der Waals surface area contributed by atoms with E-state index in [2.05, 4.69) is 23.0 Å². The van der Waals surface area contributed by atoms with Crippen LogP contribution < -0.4 is 5.32 Å². The standard InChI is InChI=1S/C14H16N2O/c1-16-12-6-7-15-9-10(12)8-13(16)11-4-2-3-5-14(11)17/h2-5,8,15,17H,6-7,9H2,1H3. The van der Waals surface area contributed by atoms with E-state index < -0.39 is 0 Å². The van der Waals surface area contributed by atoms with E-state index in [0.29, 0.717) is 5.75 Å². The lowest BCUT2D eigenvalue weighted by Crippen LogP contribution is -2.24. The third kappa shape index (κ3) is 1.63. The van der Waals surface area contributed by atoms with Gasteiger partial charge in [-0.1, -0.05) is 12.1 Å². The molecule has 0 unspecified atom stereocenters. The number of nitrogens with one attached hydrogen (secondary N) is 1. The lowest BCUT2D eigenvalue weighted by Gasteiger charge is -2.15. The molecule has 1 aliphatic heterocycles. The zero-order valence-electron chi connectivity index (χ0n) is 9.90. The minimum absolute atomic E-state index is 0.346. The summed E-state index contributed by atoms with van der Waals surface area (Å²) in [5.41, 5.74) is 4.72. The molecular formula is C14H16N2O. The molecular weight excluding hydrogens is 212 g/mol. The zero-order valence-corrected chi connectivity index (χ0v) is 9.90. The first-order valence-electron chi connectivity index (χ1n) is 5.94. The fourth-order valence-corrected chi connectivity index (χ4v) is 2.57. The first kappa shape index (κ1) is 10.4. The van der Waals surface area contributed by atoms with E-state index in [1.165, 1.54) is 11.3 Å². The number of nitrogens with zero attached hydrogens (tertiary/aromatic N) is 1. The summed E-state index contributed by atoms with van der Waals surface area (Å²) >= 11 is 0. The molecule has 3 rings (SSSR count). The quantitative estimate of drug-likeness (QED) is 0.783. The predicted molar refractivity (Wildman–Crippen MR) is 67.9 cm³/mol. The Bertz CT molecular complexity index is 557. The van der Waals surface area contributed by atoms with Crippen molar-refractivity contribution in [2.75, 3.05) is 6.54 Å². The largest absolute Gasteiger partial charge is 0.507 e. The molecule has 0 spiro atoms. The van der Waals surface area contributed by atoms with Gasteiger partial charge < -0.3 is 15.0 Å². The highest BCUT2D eigenvalue weighted by atomic mass is 16.3. The Kier molecular flexibility index (Phi) is 2.41. The van der Waals surface area contributed by atoms with Crippen LogP contribution in [-0.2, 0) is 20.0 Å². The van der Waals surface area contributed by atoms with Crippen LogP contribution >= 0.6 is 0 Å². The van der Waals surface area contributed by atoms with Gasteiger partial charge in [0.25, 0.3) is 0 Å². The third-order valence-electron chi connectivity index (χ3n) is 3.48. The number of aromatic hydroxyl groups is 1. The van der Waals surface area contributed by atoms with Crippen molar-refractivity contribution in [1.29, 1.82) is 0 Å². The molecule has 3 heteroatoms. The molecule has 0 aliphatic carbocycles. The first-order chi connectivity index (χ1) is 8.27. The molecule has 0 fully saturated rings. The number of phenols is 1. The van der Waals surface area contributed by atoms with Crippen molar-refractivity contribution in [3.8, 4) is 17.0 Å². The molecule has 0 saturated heterocycles. The number of para-hydroxylation sites is 1. The highest BCUT2D eigenvalue weighted by molar-refractivity contribution is 5.69. The van der Waals surface area contributed by atoms with Gasteiger partial charge in [-0.15, -0.1) is 0 Å². The SMILES string of the molecule is Cn1c(-c2ccccc2O)cc2c1CCNC2. The highest BCUT2D eigenvalue weighted by Gasteiger charge is 2.17. The zero-order chi connectivity index (χ0) is 11.8. The molecule has 0 bridgehead atoms. The van der Waals surface area contributed by atoms with Gasteiger partial charge in [-0.3, -0.25) is 0 Å². The molecule has 1 aliphatic rings. The second kappa shape index (κ2) is 3.93. The van der Waals surface area contributed by atoms with Gasteiger partial charge in [0.05, 0.1) is 5.69 Å². The summed E-state index contributed by atoms with van der Waals surface area (Å²) < 4.78 is 2.20. The second-order valence-electron chi connectivity index (χ2n) is 4.50. The molecule has 17 heavy (non-hydrogen) atoms. The number of benzene rings is 1. The fourth-order valence-electron chi connectivity index (χ4n) is 2.57. The van der Waals surface area contributed by atoms with E-state index in [9.17, 15) is 5.11 Å². The van der Waals surface area contributed by atoms with Gasteiger partial charge in [-0.2, -0.15) is 0 Å². The topological polar surface area (TPSA) is 37.2 Å². The Morgan fingerprint density at radius 1 is 1.29 bits per heavy atom. The minimum atomic E-state index is 0.346. The Labute approximate surface area is 101 Å². The molecule has 2 N–H and O–H groups in total. The molecule has 3 nitrogen and oxygen atoms in total. The monoisotopic (exact) mass is 228 g/mol. The van der Waals surface area contributed by atoms with E-state index in [4.69, 9.17) is 0 Å². The van der Waals surface area contributed by atoms with Gasteiger partial charge in [0.2, 0.25) is 0 Å². The van der Waals surface area contributed by atoms with Crippen molar-refractivity contribution >= 4 is 0 Å². The fraction of sp³-hybridized carbons (Fsp3) is 0.286. The van der Waals surface area contributed by atoms with Crippen LogP contribution in [0.2, 0.25) is 0 Å². The molecule has 1 aromatic carbocycles. The van der Waals surface area contributed by atoms with Crippen LogP contribution in [0.4, 0.5) is 0 Å². The molecule has 0 saturated carbocycles. The van der Waals surface area contributed by atoms with Crippen molar-refractivity contribution in [3.63, 3.8) is 0 Å². The van der Waals surface area contributed by atoms with Crippen LogP contribution in [0.5, 0.6) is 5.75 Å². The van der Waals surface area contributed by atoms with Gasteiger partial charge in [0.1, 0.15) is 5.75 Å². The average Bonchev–Trinajstić information content (AvgIpc) is 2.68. The number of fused-ring (bicyclic) bond motifs is 1. The average molecular weight is 228 g/mol. The third-order valence-corrected chi connectivity index (χ3v) is 3.48. The maximum absolute atomic E-state index is 9.92. The van der Waals surface area contributed by atoms with Crippen LogP contribution in [-0.4, -0.2) is 16.2 Å². The summed E-state index contributed by atoms with van der Waals surface area (Å²) in [6.45, 7) is 1.96. The van der Waals surface area contributed by atoms with Gasteiger partial charge >= 0.3 is 0 Å². The Morgan fingerprint density at radius 2 is 2.12 bits per heavy atom. The van der Waals surface area contributed by atoms with Gasteiger partial charge in [0, 0.05) is 37.8 Å². The molecule has 0 amide bonds. The van der Waals surface area contributed by atoms with Crippen molar-refractivity contribution in [1.82, 2.24) is 9.88 Å². The lowest BCUT2D eigenvalue weighted by atomic mass is 10.1. The van der Waals surface area contributed by atoms with Gasteiger partial charge in [0.15, 0.2) is 0 Å².